The van der Waals surface area contributed by atoms with Crippen LogP contribution in [0.1, 0.15) is 56.1 Å². The molecule has 1 heterocycles. The maximum Gasteiger partial charge on any atom is 0.247 e. The fourth-order valence-electron chi connectivity index (χ4n) is 5.25. The number of rotatable bonds is 16. The molecule has 39 heavy (non-hydrogen) atoms. The van der Waals surface area contributed by atoms with E-state index in [2.05, 4.69) is 11.9 Å². The Labute approximate surface area is 230 Å². The number of ether oxygens (including phenoxy) is 3. The Morgan fingerprint density at radius 3 is 2.69 bits per heavy atom. The van der Waals surface area contributed by atoms with E-state index in [1.165, 1.54) is 7.11 Å². The summed E-state index contributed by atoms with van der Waals surface area (Å²) in [5.74, 6) is -0.424. The number of fused-ring (bicyclic) bond motifs is 3. The predicted molar refractivity (Wildman–Crippen MR) is 146 cm³/mol. The highest BCUT2D eigenvalue weighted by atomic mass is 16.5. The second-order valence-electron chi connectivity index (χ2n) is 9.69. The average Bonchev–Trinajstić information content (AvgIpc) is 3.34. The third-order valence-electron chi connectivity index (χ3n) is 7.12. The molecule has 0 aromatic heterocycles. The molecule has 4 atom stereocenters. The molecule has 216 valence electrons. The summed E-state index contributed by atoms with van der Waals surface area (Å²) in [5, 5.41) is 33.4. The topological polar surface area (TPSA) is 138 Å². The molecule has 0 saturated heterocycles. The molecule has 1 aliphatic carbocycles. The van der Waals surface area contributed by atoms with E-state index in [0.717, 1.165) is 12.8 Å². The molecular weight excluding hydrogens is 504 g/mol. The van der Waals surface area contributed by atoms with E-state index in [9.17, 15) is 24.9 Å². The summed E-state index contributed by atoms with van der Waals surface area (Å²) in [6, 6.07) is 2.59. The standard InChI is InChI=1S/C29H42N2O8/c1-4-6-7-8-10-24(34)31(12-9-14-38-5-2)22-17-21(29(36)30-11-13-32)25-20-15-19(18-33)16-23(37-3)27(20)39-28(25)26(22)35/h4,15-17,22,25-26,28,32-33,35H,1,5-14,18H2,2-3H3,(H,30,36). The lowest BCUT2D eigenvalue weighted by Gasteiger charge is -2.41. The van der Waals surface area contributed by atoms with Gasteiger partial charge in [-0.3, -0.25) is 9.59 Å². The summed E-state index contributed by atoms with van der Waals surface area (Å²) in [6.45, 7) is 6.57. The number of nitrogens with one attached hydrogen (secondary N) is 1. The minimum Gasteiger partial charge on any atom is -0.493 e. The SMILES string of the molecule is C=CCCCCC(=O)N(CCCOCC)C1C=C(C(=O)NCCO)C2c3cc(CO)cc(OC)c3OC2C1O. The molecule has 1 aromatic rings. The van der Waals surface area contributed by atoms with Gasteiger partial charge in [0, 0.05) is 43.9 Å². The molecule has 4 unspecified atom stereocenters. The molecule has 3 rings (SSSR count). The van der Waals surface area contributed by atoms with Gasteiger partial charge in [0.15, 0.2) is 11.5 Å². The lowest BCUT2D eigenvalue weighted by molar-refractivity contribution is -0.137. The van der Waals surface area contributed by atoms with Gasteiger partial charge in [-0.2, -0.15) is 0 Å². The van der Waals surface area contributed by atoms with Crippen LogP contribution in [0.15, 0.2) is 36.4 Å². The van der Waals surface area contributed by atoms with Crippen LogP contribution >= 0.6 is 0 Å². The van der Waals surface area contributed by atoms with Gasteiger partial charge in [-0.05, 0) is 56.4 Å². The third kappa shape index (κ3) is 7.19. The second kappa shape index (κ2) is 15.0. The Morgan fingerprint density at radius 2 is 2.03 bits per heavy atom. The van der Waals surface area contributed by atoms with Crippen LogP contribution < -0.4 is 14.8 Å². The molecular formula is C29H42N2O8. The van der Waals surface area contributed by atoms with Gasteiger partial charge in [-0.25, -0.2) is 0 Å². The van der Waals surface area contributed by atoms with E-state index < -0.39 is 30.1 Å². The Kier molecular flexibility index (Phi) is 11.8. The molecule has 1 aliphatic heterocycles. The lowest BCUT2D eigenvalue weighted by atomic mass is 9.77. The van der Waals surface area contributed by atoms with Gasteiger partial charge in [-0.1, -0.05) is 6.08 Å². The minimum absolute atomic E-state index is 0.0504. The minimum atomic E-state index is -1.14. The maximum atomic E-state index is 13.5. The number of unbranched alkanes of at least 4 members (excludes halogenated alkanes) is 2. The van der Waals surface area contributed by atoms with Gasteiger partial charge in [0.05, 0.1) is 32.3 Å². The number of amides is 2. The monoisotopic (exact) mass is 546 g/mol. The second-order valence-corrected chi connectivity index (χ2v) is 9.69. The van der Waals surface area contributed by atoms with Crippen LogP contribution in [0, 0.1) is 0 Å². The van der Waals surface area contributed by atoms with Crippen molar-refractivity contribution in [2.75, 3.05) is 40.0 Å². The molecule has 10 nitrogen and oxygen atoms in total. The van der Waals surface area contributed by atoms with Crippen molar-refractivity contribution < 1.29 is 39.1 Å². The van der Waals surface area contributed by atoms with E-state index in [-0.39, 0.29) is 25.7 Å². The van der Waals surface area contributed by atoms with E-state index in [1.807, 2.05) is 13.0 Å². The first kappa shape index (κ1) is 30.6. The van der Waals surface area contributed by atoms with Crippen LogP contribution in [-0.4, -0.2) is 90.3 Å². The number of carbonyl (C=O) groups is 2. The van der Waals surface area contributed by atoms with Crippen molar-refractivity contribution in [1.82, 2.24) is 10.2 Å². The van der Waals surface area contributed by atoms with Crippen LogP contribution in [-0.2, 0) is 20.9 Å². The first-order chi connectivity index (χ1) is 18.9. The van der Waals surface area contributed by atoms with Gasteiger partial charge in [-0.15, -0.1) is 6.58 Å². The molecule has 1 aromatic carbocycles. The molecule has 2 aliphatic rings. The predicted octanol–water partition coefficient (Wildman–Crippen LogP) is 1.81. The number of aliphatic hydroxyl groups excluding tert-OH is 3. The quantitative estimate of drug-likeness (QED) is 0.182. The number of allylic oxidation sites excluding steroid dienone is 1. The summed E-state index contributed by atoms with van der Waals surface area (Å²) in [5.41, 5.74) is 1.52. The summed E-state index contributed by atoms with van der Waals surface area (Å²) in [6.07, 6.45) is 4.66. The molecule has 0 spiro atoms. The number of carbonyl (C=O) groups excluding carboxylic acids is 2. The van der Waals surface area contributed by atoms with Crippen molar-refractivity contribution in [2.24, 2.45) is 0 Å². The number of methoxy groups -OCH3 is 1. The van der Waals surface area contributed by atoms with Crippen molar-refractivity contribution in [2.45, 2.75) is 69.8 Å². The first-order valence-corrected chi connectivity index (χ1v) is 13.7. The van der Waals surface area contributed by atoms with E-state index in [1.54, 1.807) is 23.1 Å². The van der Waals surface area contributed by atoms with Gasteiger partial charge >= 0.3 is 0 Å². The molecule has 0 bridgehead atoms. The summed E-state index contributed by atoms with van der Waals surface area (Å²) >= 11 is 0. The van der Waals surface area contributed by atoms with Crippen molar-refractivity contribution in [1.29, 1.82) is 0 Å². The Morgan fingerprint density at radius 1 is 1.23 bits per heavy atom. The van der Waals surface area contributed by atoms with Crippen LogP contribution in [0.2, 0.25) is 0 Å². The van der Waals surface area contributed by atoms with Gasteiger partial charge in [0.2, 0.25) is 11.8 Å². The highest BCUT2D eigenvalue weighted by molar-refractivity contribution is 5.96. The zero-order valence-corrected chi connectivity index (χ0v) is 22.9. The molecule has 0 fully saturated rings. The molecule has 0 radical (unpaired) electrons. The molecule has 0 saturated carbocycles. The van der Waals surface area contributed by atoms with E-state index >= 15 is 0 Å². The maximum absolute atomic E-state index is 13.5. The number of hydrogen-bond donors (Lipinski definition) is 4. The van der Waals surface area contributed by atoms with Gasteiger partial charge in [0.1, 0.15) is 12.2 Å². The molecule has 10 heteroatoms. The molecule has 2 amide bonds. The van der Waals surface area contributed by atoms with Gasteiger partial charge < -0.3 is 39.7 Å². The number of nitrogens with zero attached hydrogens (tertiary/aromatic N) is 1. The fourth-order valence-corrected chi connectivity index (χ4v) is 5.25. The Hall–Kier alpha value is -2.92. The Bertz CT molecular complexity index is 1030. The van der Waals surface area contributed by atoms with Gasteiger partial charge in [0.25, 0.3) is 0 Å². The number of aliphatic hydroxyl groups is 3. The number of hydrogen-bond acceptors (Lipinski definition) is 8. The van der Waals surface area contributed by atoms with Crippen LogP contribution in [0.5, 0.6) is 11.5 Å². The highest BCUT2D eigenvalue weighted by Crippen LogP contribution is 2.51. The molecule has 4 N–H and O–H groups in total. The summed E-state index contributed by atoms with van der Waals surface area (Å²) in [4.78, 5) is 28.4. The zero-order chi connectivity index (χ0) is 28.4. The van der Waals surface area contributed by atoms with Crippen molar-refractivity contribution in [3.05, 3.63) is 47.6 Å². The van der Waals surface area contributed by atoms with Crippen LogP contribution in [0.25, 0.3) is 0 Å². The normalized spacial score (nSPS) is 21.3. The van der Waals surface area contributed by atoms with Crippen molar-refractivity contribution in [3.8, 4) is 11.5 Å². The number of benzene rings is 1. The van der Waals surface area contributed by atoms with Crippen LogP contribution in [0.3, 0.4) is 0 Å². The van der Waals surface area contributed by atoms with E-state index in [0.29, 0.717) is 67.2 Å². The Balaban J connectivity index is 2.01. The average molecular weight is 547 g/mol. The lowest BCUT2D eigenvalue weighted by Crippen LogP contribution is -2.56. The largest absolute Gasteiger partial charge is 0.493 e. The smallest absolute Gasteiger partial charge is 0.247 e. The van der Waals surface area contributed by atoms with Crippen molar-refractivity contribution in [3.63, 3.8) is 0 Å². The summed E-state index contributed by atoms with van der Waals surface area (Å²) in [7, 11) is 1.48. The fraction of sp³-hybridized carbons (Fsp3) is 0.586. The highest BCUT2D eigenvalue weighted by Gasteiger charge is 2.51. The zero-order valence-electron chi connectivity index (χ0n) is 22.9. The first-order valence-electron chi connectivity index (χ1n) is 13.7. The third-order valence-corrected chi connectivity index (χ3v) is 7.12. The van der Waals surface area contributed by atoms with Crippen molar-refractivity contribution >= 4 is 11.8 Å². The van der Waals surface area contributed by atoms with Crippen LogP contribution in [0.4, 0.5) is 0 Å². The summed E-state index contributed by atoms with van der Waals surface area (Å²) < 4.78 is 17.2. The van der Waals surface area contributed by atoms with E-state index in [4.69, 9.17) is 14.2 Å².